The van der Waals surface area contributed by atoms with Crippen LogP contribution < -0.4 is 10.6 Å². The number of amides is 1. The number of nitro benzene ring substituents is 1. The molecule has 0 fully saturated rings. The standard InChI is InChI=1S/C16H15F3N4O3/c1-10-11(6-7-14(22-10)16(17,18)19)15(24)21-9-8-20-12-4-2-3-5-13(12)23(25)26/h2-7,20H,8-9H2,1H3,(H,21,24). The number of para-hydroxylation sites is 2. The number of carbonyl (C=O) groups is 1. The SMILES string of the molecule is Cc1nc(C(F)(F)F)ccc1C(=O)NCCNc1ccccc1[N+](=O)[O-]. The Morgan fingerprint density at radius 1 is 1.19 bits per heavy atom. The number of carbonyl (C=O) groups excluding carboxylic acids is 1. The molecule has 1 heterocycles. The van der Waals surface area contributed by atoms with Crippen LogP contribution in [0.3, 0.4) is 0 Å². The number of nitro groups is 1. The van der Waals surface area contributed by atoms with E-state index in [1.165, 1.54) is 25.1 Å². The second-order valence-electron chi connectivity index (χ2n) is 5.28. The summed E-state index contributed by atoms with van der Waals surface area (Å²) in [6, 6.07) is 7.85. The summed E-state index contributed by atoms with van der Waals surface area (Å²) in [5.74, 6) is -0.576. The molecule has 0 bridgehead atoms. The van der Waals surface area contributed by atoms with Crippen LogP contribution in [0.25, 0.3) is 0 Å². The van der Waals surface area contributed by atoms with Crippen molar-refractivity contribution in [1.29, 1.82) is 0 Å². The highest BCUT2D eigenvalue weighted by Crippen LogP contribution is 2.28. The lowest BCUT2D eigenvalue weighted by Crippen LogP contribution is -2.29. The van der Waals surface area contributed by atoms with E-state index in [4.69, 9.17) is 0 Å². The lowest BCUT2D eigenvalue weighted by molar-refractivity contribution is -0.384. The van der Waals surface area contributed by atoms with Gasteiger partial charge in [0.15, 0.2) is 0 Å². The van der Waals surface area contributed by atoms with Crippen molar-refractivity contribution in [2.24, 2.45) is 0 Å². The first-order chi connectivity index (χ1) is 12.2. The first-order valence-corrected chi connectivity index (χ1v) is 7.50. The van der Waals surface area contributed by atoms with Gasteiger partial charge in [0.05, 0.1) is 16.2 Å². The summed E-state index contributed by atoms with van der Waals surface area (Å²) in [5.41, 5.74) is -0.863. The summed E-state index contributed by atoms with van der Waals surface area (Å²) in [6.07, 6.45) is -4.58. The molecule has 0 radical (unpaired) electrons. The van der Waals surface area contributed by atoms with E-state index in [0.717, 1.165) is 12.1 Å². The Morgan fingerprint density at radius 3 is 2.50 bits per heavy atom. The number of alkyl halides is 3. The number of anilines is 1. The second-order valence-corrected chi connectivity index (χ2v) is 5.28. The van der Waals surface area contributed by atoms with Gasteiger partial charge in [0.25, 0.3) is 11.6 Å². The van der Waals surface area contributed by atoms with Crippen LogP contribution in [0.1, 0.15) is 21.7 Å². The molecule has 1 aromatic carbocycles. The first-order valence-electron chi connectivity index (χ1n) is 7.50. The van der Waals surface area contributed by atoms with Crippen LogP contribution in [0.15, 0.2) is 36.4 Å². The lowest BCUT2D eigenvalue weighted by atomic mass is 10.1. The minimum atomic E-state index is -4.58. The molecule has 138 valence electrons. The van der Waals surface area contributed by atoms with Crippen LogP contribution in [-0.4, -0.2) is 28.9 Å². The van der Waals surface area contributed by atoms with E-state index in [0.29, 0.717) is 5.69 Å². The van der Waals surface area contributed by atoms with E-state index in [1.54, 1.807) is 6.07 Å². The largest absolute Gasteiger partial charge is 0.433 e. The first kappa shape index (κ1) is 19.2. The van der Waals surface area contributed by atoms with Crippen molar-refractivity contribution >= 4 is 17.3 Å². The average molecular weight is 368 g/mol. The summed E-state index contributed by atoms with van der Waals surface area (Å²) in [7, 11) is 0. The van der Waals surface area contributed by atoms with E-state index >= 15 is 0 Å². The van der Waals surface area contributed by atoms with Gasteiger partial charge in [-0.05, 0) is 25.1 Å². The molecular formula is C16H15F3N4O3. The third-order valence-corrected chi connectivity index (χ3v) is 3.45. The predicted octanol–water partition coefficient (Wildman–Crippen LogP) is 3.16. The predicted molar refractivity (Wildman–Crippen MR) is 87.9 cm³/mol. The summed E-state index contributed by atoms with van der Waals surface area (Å²) in [5, 5.41) is 16.2. The van der Waals surface area contributed by atoms with Crippen molar-refractivity contribution in [3.8, 4) is 0 Å². The van der Waals surface area contributed by atoms with Gasteiger partial charge in [-0.2, -0.15) is 13.2 Å². The number of aromatic nitrogens is 1. The van der Waals surface area contributed by atoms with E-state index in [9.17, 15) is 28.1 Å². The Hall–Kier alpha value is -3.17. The van der Waals surface area contributed by atoms with Gasteiger partial charge in [-0.15, -0.1) is 0 Å². The van der Waals surface area contributed by atoms with Crippen molar-refractivity contribution in [2.75, 3.05) is 18.4 Å². The number of nitrogens with zero attached hydrogens (tertiary/aromatic N) is 2. The molecule has 10 heteroatoms. The molecule has 2 rings (SSSR count). The average Bonchev–Trinajstić information content (AvgIpc) is 2.57. The van der Waals surface area contributed by atoms with Crippen LogP contribution in [0, 0.1) is 17.0 Å². The number of halogens is 3. The fourth-order valence-corrected chi connectivity index (χ4v) is 2.21. The molecule has 0 aliphatic heterocycles. The lowest BCUT2D eigenvalue weighted by Gasteiger charge is -2.11. The van der Waals surface area contributed by atoms with Gasteiger partial charge < -0.3 is 10.6 Å². The van der Waals surface area contributed by atoms with E-state index < -0.39 is 22.7 Å². The summed E-state index contributed by atoms with van der Waals surface area (Å²) in [4.78, 5) is 25.8. The fourth-order valence-electron chi connectivity index (χ4n) is 2.21. The fraction of sp³-hybridized carbons (Fsp3) is 0.250. The molecule has 1 amide bonds. The summed E-state index contributed by atoms with van der Waals surface area (Å²) >= 11 is 0. The molecule has 0 atom stereocenters. The summed E-state index contributed by atoms with van der Waals surface area (Å²) in [6.45, 7) is 1.63. The van der Waals surface area contributed by atoms with Crippen molar-refractivity contribution in [3.63, 3.8) is 0 Å². The normalized spacial score (nSPS) is 11.1. The van der Waals surface area contributed by atoms with Gasteiger partial charge in [-0.3, -0.25) is 14.9 Å². The smallest absolute Gasteiger partial charge is 0.378 e. The zero-order chi connectivity index (χ0) is 19.3. The maximum absolute atomic E-state index is 12.6. The number of nitrogens with one attached hydrogen (secondary N) is 2. The number of pyridine rings is 1. The molecule has 26 heavy (non-hydrogen) atoms. The summed E-state index contributed by atoms with van der Waals surface area (Å²) < 4.78 is 37.7. The van der Waals surface area contributed by atoms with Crippen LogP contribution in [0.5, 0.6) is 0 Å². The molecule has 0 aliphatic carbocycles. The number of hydrogen-bond acceptors (Lipinski definition) is 5. The second kappa shape index (κ2) is 7.81. The Labute approximate surface area is 146 Å². The van der Waals surface area contributed by atoms with Crippen LogP contribution in [0.4, 0.5) is 24.5 Å². The molecule has 0 unspecified atom stereocenters. The molecule has 1 aromatic heterocycles. The number of rotatable bonds is 6. The Bertz CT molecular complexity index is 825. The highest BCUT2D eigenvalue weighted by molar-refractivity contribution is 5.95. The minimum absolute atomic E-state index is 0.0312. The van der Waals surface area contributed by atoms with Gasteiger partial charge in [-0.1, -0.05) is 12.1 Å². The number of benzene rings is 1. The van der Waals surface area contributed by atoms with Crippen molar-refractivity contribution in [3.05, 3.63) is 63.5 Å². The minimum Gasteiger partial charge on any atom is -0.378 e. The molecule has 0 saturated heterocycles. The van der Waals surface area contributed by atoms with Crippen molar-refractivity contribution in [1.82, 2.24) is 10.3 Å². The Morgan fingerprint density at radius 2 is 1.88 bits per heavy atom. The monoisotopic (exact) mass is 368 g/mol. The highest BCUT2D eigenvalue weighted by Gasteiger charge is 2.33. The Balaban J connectivity index is 1.93. The van der Waals surface area contributed by atoms with Crippen molar-refractivity contribution in [2.45, 2.75) is 13.1 Å². The van der Waals surface area contributed by atoms with Crippen LogP contribution in [0.2, 0.25) is 0 Å². The van der Waals surface area contributed by atoms with Crippen molar-refractivity contribution < 1.29 is 22.9 Å². The quantitative estimate of drug-likeness (QED) is 0.464. The zero-order valence-corrected chi connectivity index (χ0v) is 13.6. The number of hydrogen-bond donors (Lipinski definition) is 2. The third-order valence-electron chi connectivity index (χ3n) is 3.45. The van der Waals surface area contributed by atoms with Gasteiger partial charge in [0.2, 0.25) is 0 Å². The highest BCUT2D eigenvalue weighted by atomic mass is 19.4. The van der Waals surface area contributed by atoms with Gasteiger partial charge >= 0.3 is 6.18 Å². The van der Waals surface area contributed by atoms with Gasteiger partial charge in [0.1, 0.15) is 11.4 Å². The van der Waals surface area contributed by atoms with E-state index in [-0.39, 0.29) is 30.0 Å². The molecule has 0 aliphatic rings. The zero-order valence-electron chi connectivity index (χ0n) is 13.6. The van der Waals surface area contributed by atoms with Gasteiger partial charge in [0, 0.05) is 19.2 Å². The molecule has 0 saturated carbocycles. The molecule has 7 nitrogen and oxygen atoms in total. The van der Waals surface area contributed by atoms with E-state index in [2.05, 4.69) is 15.6 Å². The maximum atomic E-state index is 12.6. The molecule has 2 aromatic rings. The topological polar surface area (TPSA) is 97.2 Å². The third kappa shape index (κ3) is 4.68. The van der Waals surface area contributed by atoms with Crippen LogP contribution >= 0.6 is 0 Å². The molecular weight excluding hydrogens is 353 g/mol. The van der Waals surface area contributed by atoms with E-state index in [1.807, 2.05) is 0 Å². The van der Waals surface area contributed by atoms with Crippen LogP contribution in [-0.2, 0) is 6.18 Å². The van der Waals surface area contributed by atoms with Gasteiger partial charge in [-0.25, -0.2) is 4.98 Å². The molecule has 2 N–H and O–H groups in total. The maximum Gasteiger partial charge on any atom is 0.433 e. The Kier molecular flexibility index (Phi) is 5.75. The molecule has 0 spiro atoms. The number of aryl methyl sites for hydroxylation is 1.